The van der Waals surface area contributed by atoms with Gasteiger partial charge in [-0.2, -0.15) is 0 Å². The van der Waals surface area contributed by atoms with Gasteiger partial charge in [-0.15, -0.1) is 0 Å². The Hall–Kier alpha value is -0.640. The predicted molar refractivity (Wildman–Crippen MR) is 71.4 cm³/mol. The van der Waals surface area contributed by atoms with Crippen molar-refractivity contribution >= 4 is 11.6 Å². The lowest BCUT2D eigenvalue weighted by molar-refractivity contribution is -0.0332. The van der Waals surface area contributed by atoms with Crippen LogP contribution in [0.15, 0.2) is 18.2 Å². The average Bonchev–Trinajstić information content (AvgIpc) is 2.32. The zero-order valence-corrected chi connectivity index (χ0v) is 11.6. The van der Waals surface area contributed by atoms with Crippen LogP contribution < -0.4 is 0 Å². The Morgan fingerprint density at radius 3 is 2.94 bits per heavy atom. The fourth-order valence-electron chi connectivity index (χ4n) is 2.30. The molecule has 1 atom stereocenters. The monoisotopic (exact) mass is 271 g/mol. The van der Waals surface area contributed by atoms with Crippen LogP contribution in [0.4, 0.5) is 4.39 Å². The summed E-state index contributed by atoms with van der Waals surface area (Å²) in [6.07, 6.45) is -0.00407. The molecule has 0 amide bonds. The molecule has 1 saturated heterocycles. The molecular formula is C14H19ClFNO. The number of ether oxygens (including phenoxy) is 1. The molecule has 0 aliphatic carbocycles. The molecule has 1 fully saturated rings. The SMILES string of the molecule is CC(C)CN1CCOC(c2ccc(F)c(Cl)c2)C1. The smallest absolute Gasteiger partial charge is 0.141 e. The molecule has 0 radical (unpaired) electrons. The van der Waals surface area contributed by atoms with Gasteiger partial charge < -0.3 is 4.74 Å². The van der Waals surface area contributed by atoms with Crippen LogP contribution in [0.1, 0.15) is 25.5 Å². The van der Waals surface area contributed by atoms with Gasteiger partial charge in [0.1, 0.15) is 5.82 Å². The second kappa shape index (κ2) is 6.00. The van der Waals surface area contributed by atoms with Gasteiger partial charge in [-0.25, -0.2) is 4.39 Å². The van der Waals surface area contributed by atoms with Gasteiger partial charge in [-0.05, 0) is 23.6 Å². The van der Waals surface area contributed by atoms with E-state index in [1.54, 1.807) is 12.1 Å². The van der Waals surface area contributed by atoms with Crippen LogP contribution in [0.25, 0.3) is 0 Å². The van der Waals surface area contributed by atoms with Crippen LogP contribution in [0, 0.1) is 11.7 Å². The molecule has 1 unspecified atom stereocenters. The number of halogens is 2. The number of rotatable bonds is 3. The maximum atomic E-state index is 13.1. The molecule has 0 bridgehead atoms. The Balaban J connectivity index is 2.05. The molecule has 18 heavy (non-hydrogen) atoms. The summed E-state index contributed by atoms with van der Waals surface area (Å²) in [4.78, 5) is 2.39. The molecule has 1 aliphatic rings. The van der Waals surface area contributed by atoms with Crippen molar-refractivity contribution in [1.29, 1.82) is 0 Å². The first-order valence-electron chi connectivity index (χ1n) is 6.35. The van der Waals surface area contributed by atoms with E-state index in [1.807, 2.05) is 0 Å². The highest BCUT2D eigenvalue weighted by atomic mass is 35.5. The maximum absolute atomic E-state index is 13.1. The number of hydrogen-bond donors (Lipinski definition) is 0. The molecular weight excluding hydrogens is 253 g/mol. The van der Waals surface area contributed by atoms with Gasteiger partial charge in [-0.1, -0.05) is 31.5 Å². The molecule has 0 spiro atoms. The third-order valence-corrected chi connectivity index (χ3v) is 3.38. The van der Waals surface area contributed by atoms with E-state index < -0.39 is 0 Å². The summed E-state index contributed by atoms with van der Waals surface area (Å²) in [6.45, 7) is 8.00. The lowest BCUT2D eigenvalue weighted by Gasteiger charge is -2.34. The van der Waals surface area contributed by atoms with Crippen molar-refractivity contribution in [3.05, 3.63) is 34.6 Å². The van der Waals surface area contributed by atoms with E-state index in [0.29, 0.717) is 12.5 Å². The molecule has 1 aromatic carbocycles. The molecule has 2 rings (SSSR count). The second-order valence-electron chi connectivity index (χ2n) is 5.19. The highest BCUT2D eigenvalue weighted by Crippen LogP contribution is 2.26. The third kappa shape index (κ3) is 3.44. The van der Waals surface area contributed by atoms with E-state index >= 15 is 0 Å². The van der Waals surface area contributed by atoms with Crippen molar-refractivity contribution in [1.82, 2.24) is 4.90 Å². The van der Waals surface area contributed by atoms with Crippen LogP contribution >= 0.6 is 11.6 Å². The van der Waals surface area contributed by atoms with Crippen molar-refractivity contribution in [2.45, 2.75) is 20.0 Å². The first-order chi connectivity index (χ1) is 8.56. The first kappa shape index (κ1) is 13.8. The van der Waals surface area contributed by atoms with Gasteiger partial charge in [-0.3, -0.25) is 4.90 Å². The normalized spacial score (nSPS) is 21.5. The molecule has 0 saturated carbocycles. The molecule has 4 heteroatoms. The van der Waals surface area contributed by atoms with E-state index in [9.17, 15) is 4.39 Å². The standard InChI is InChI=1S/C14H19ClFNO/c1-10(2)8-17-5-6-18-14(9-17)11-3-4-13(16)12(15)7-11/h3-4,7,10,14H,5-6,8-9H2,1-2H3. The summed E-state index contributed by atoms with van der Waals surface area (Å²) in [5.41, 5.74) is 0.954. The summed E-state index contributed by atoms with van der Waals surface area (Å²) < 4.78 is 18.9. The van der Waals surface area contributed by atoms with E-state index in [-0.39, 0.29) is 16.9 Å². The molecule has 0 N–H and O–H groups in total. The summed E-state index contributed by atoms with van der Waals surface area (Å²) in [6, 6.07) is 4.83. The quantitative estimate of drug-likeness (QED) is 0.834. The molecule has 1 aromatic rings. The summed E-state index contributed by atoms with van der Waals surface area (Å²) in [7, 11) is 0. The Morgan fingerprint density at radius 2 is 2.28 bits per heavy atom. The second-order valence-corrected chi connectivity index (χ2v) is 5.59. The van der Waals surface area contributed by atoms with Gasteiger partial charge in [0.2, 0.25) is 0 Å². The van der Waals surface area contributed by atoms with Crippen molar-refractivity contribution in [2.24, 2.45) is 5.92 Å². The maximum Gasteiger partial charge on any atom is 0.141 e. The van der Waals surface area contributed by atoms with Crippen molar-refractivity contribution in [2.75, 3.05) is 26.2 Å². The van der Waals surface area contributed by atoms with Crippen LogP contribution in [0.2, 0.25) is 5.02 Å². The molecule has 0 aromatic heterocycles. The minimum atomic E-state index is -0.379. The zero-order valence-electron chi connectivity index (χ0n) is 10.8. The van der Waals surface area contributed by atoms with Crippen LogP contribution in [0.5, 0.6) is 0 Å². The minimum Gasteiger partial charge on any atom is -0.371 e. The third-order valence-electron chi connectivity index (χ3n) is 3.09. The highest BCUT2D eigenvalue weighted by molar-refractivity contribution is 6.30. The Labute approximate surface area is 113 Å². The number of benzene rings is 1. The van der Waals surface area contributed by atoms with Crippen LogP contribution in [0.3, 0.4) is 0 Å². The summed E-state index contributed by atoms with van der Waals surface area (Å²) in [5, 5.41) is 0.164. The van der Waals surface area contributed by atoms with E-state index in [4.69, 9.17) is 16.3 Å². The van der Waals surface area contributed by atoms with E-state index in [0.717, 1.165) is 25.2 Å². The van der Waals surface area contributed by atoms with Gasteiger partial charge in [0.15, 0.2) is 0 Å². The molecule has 1 heterocycles. The lowest BCUT2D eigenvalue weighted by atomic mass is 10.1. The van der Waals surface area contributed by atoms with E-state index in [1.165, 1.54) is 6.07 Å². The summed E-state index contributed by atoms with van der Waals surface area (Å²) in [5.74, 6) is 0.260. The number of morpholine rings is 1. The van der Waals surface area contributed by atoms with Crippen molar-refractivity contribution < 1.29 is 9.13 Å². The van der Waals surface area contributed by atoms with Gasteiger partial charge >= 0.3 is 0 Å². The highest BCUT2D eigenvalue weighted by Gasteiger charge is 2.22. The molecule has 2 nitrogen and oxygen atoms in total. The Kier molecular flexibility index (Phi) is 4.60. The fraction of sp³-hybridized carbons (Fsp3) is 0.571. The van der Waals surface area contributed by atoms with Gasteiger partial charge in [0, 0.05) is 19.6 Å². The lowest BCUT2D eigenvalue weighted by Crippen LogP contribution is -2.40. The number of hydrogen-bond acceptors (Lipinski definition) is 2. The Bertz CT molecular complexity index is 411. The van der Waals surface area contributed by atoms with Crippen LogP contribution in [-0.4, -0.2) is 31.1 Å². The van der Waals surface area contributed by atoms with Gasteiger partial charge in [0.05, 0.1) is 17.7 Å². The zero-order chi connectivity index (χ0) is 13.1. The fourth-order valence-corrected chi connectivity index (χ4v) is 2.49. The van der Waals surface area contributed by atoms with Crippen LogP contribution in [-0.2, 0) is 4.74 Å². The van der Waals surface area contributed by atoms with Gasteiger partial charge in [0.25, 0.3) is 0 Å². The number of nitrogens with zero attached hydrogens (tertiary/aromatic N) is 1. The summed E-state index contributed by atoms with van der Waals surface area (Å²) >= 11 is 5.81. The first-order valence-corrected chi connectivity index (χ1v) is 6.73. The predicted octanol–water partition coefficient (Wildman–Crippen LogP) is 3.51. The van der Waals surface area contributed by atoms with E-state index in [2.05, 4.69) is 18.7 Å². The van der Waals surface area contributed by atoms with Crippen molar-refractivity contribution in [3.8, 4) is 0 Å². The topological polar surface area (TPSA) is 12.5 Å². The minimum absolute atomic E-state index is 0.00407. The Morgan fingerprint density at radius 1 is 1.50 bits per heavy atom. The van der Waals surface area contributed by atoms with Crippen molar-refractivity contribution in [3.63, 3.8) is 0 Å². The molecule has 100 valence electrons. The molecule has 1 aliphatic heterocycles. The average molecular weight is 272 g/mol. The largest absolute Gasteiger partial charge is 0.371 e.